The predicted molar refractivity (Wildman–Crippen MR) is 36.5 cm³/mol. The van der Waals surface area contributed by atoms with Crippen molar-refractivity contribution in [3.8, 4) is 0 Å². The molecule has 0 saturated carbocycles. The number of rotatable bonds is 0. The summed E-state index contributed by atoms with van der Waals surface area (Å²) in [6.07, 6.45) is 4.94. The molecule has 0 aliphatic heterocycles. The van der Waals surface area contributed by atoms with Crippen molar-refractivity contribution in [2.75, 3.05) is 0 Å². The molecular formula is C5H3N4Te. The first-order valence-corrected chi connectivity index (χ1v) is 3.73. The van der Waals surface area contributed by atoms with Gasteiger partial charge in [0.2, 0.25) is 0 Å². The van der Waals surface area contributed by atoms with Crippen LogP contribution in [-0.4, -0.2) is 40.3 Å². The Kier molecular flexibility index (Phi) is 1.33. The number of fused-ring (bicyclic) bond motifs is 1. The number of aromatic nitrogens is 4. The van der Waals surface area contributed by atoms with Gasteiger partial charge in [0.05, 0.1) is 0 Å². The van der Waals surface area contributed by atoms with Crippen LogP contribution in [-0.2, 0) is 0 Å². The van der Waals surface area contributed by atoms with Gasteiger partial charge in [-0.05, 0) is 0 Å². The first kappa shape index (κ1) is 6.08. The third kappa shape index (κ3) is 0.789. The fourth-order valence-corrected chi connectivity index (χ4v) is 1.28. The summed E-state index contributed by atoms with van der Waals surface area (Å²) in [6.45, 7) is 0. The molecule has 10 heavy (non-hydrogen) atoms. The van der Waals surface area contributed by atoms with E-state index in [0.29, 0.717) is 0 Å². The summed E-state index contributed by atoms with van der Waals surface area (Å²) < 4.78 is 1.87. The van der Waals surface area contributed by atoms with Gasteiger partial charge >= 0.3 is 70.4 Å². The van der Waals surface area contributed by atoms with Crippen molar-refractivity contribution >= 4 is 33.7 Å². The fraction of sp³-hybridized carbons (Fsp3) is 0. The number of hydrogen-bond donors (Lipinski definition) is 0. The van der Waals surface area contributed by atoms with Crippen LogP contribution in [0.4, 0.5) is 0 Å². The monoisotopic (exact) mass is 249 g/mol. The first-order chi connectivity index (χ1) is 4.88. The number of nitrogens with zero attached hydrogens (tertiary/aromatic N) is 4. The van der Waals surface area contributed by atoms with E-state index in [2.05, 4.69) is 15.0 Å². The Balaban J connectivity index is 2.93. The number of imidazole rings is 1. The summed E-state index contributed by atoms with van der Waals surface area (Å²) in [4.78, 5) is 11.9. The van der Waals surface area contributed by atoms with Crippen LogP contribution in [0.2, 0.25) is 0 Å². The van der Waals surface area contributed by atoms with Gasteiger partial charge in [0.1, 0.15) is 0 Å². The van der Waals surface area contributed by atoms with E-state index >= 15 is 0 Å². The van der Waals surface area contributed by atoms with Gasteiger partial charge in [-0.3, -0.25) is 0 Å². The van der Waals surface area contributed by atoms with E-state index in [0.717, 1.165) is 11.2 Å². The van der Waals surface area contributed by atoms with Gasteiger partial charge in [-0.25, -0.2) is 0 Å². The van der Waals surface area contributed by atoms with E-state index in [4.69, 9.17) is 0 Å². The third-order valence-corrected chi connectivity index (χ3v) is 1.95. The quantitative estimate of drug-likeness (QED) is 0.603. The van der Waals surface area contributed by atoms with E-state index in [-0.39, 0.29) is 0 Å². The zero-order chi connectivity index (χ0) is 6.97. The molecule has 1 radical (unpaired) electrons. The molecule has 2 rings (SSSR count). The van der Waals surface area contributed by atoms with E-state index < -0.39 is 0 Å². The Morgan fingerprint density at radius 3 is 3.10 bits per heavy atom. The maximum atomic E-state index is 4.06. The first-order valence-electron chi connectivity index (χ1n) is 2.68. The molecule has 0 spiro atoms. The second-order valence-electron chi connectivity index (χ2n) is 1.80. The van der Waals surface area contributed by atoms with Crippen LogP contribution in [0.25, 0.3) is 11.2 Å². The van der Waals surface area contributed by atoms with Crippen molar-refractivity contribution in [3.63, 3.8) is 0 Å². The van der Waals surface area contributed by atoms with Crippen LogP contribution in [0.3, 0.4) is 0 Å². The van der Waals surface area contributed by atoms with Crippen molar-refractivity contribution in [3.05, 3.63) is 18.9 Å². The van der Waals surface area contributed by atoms with Gasteiger partial charge in [0, 0.05) is 0 Å². The molecule has 4 nitrogen and oxygen atoms in total. The molecule has 0 unspecified atom stereocenters. The molecule has 0 aromatic carbocycles. The van der Waals surface area contributed by atoms with Crippen LogP contribution in [0.5, 0.6) is 0 Å². The van der Waals surface area contributed by atoms with E-state index in [9.17, 15) is 0 Å². The van der Waals surface area contributed by atoms with Crippen LogP contribution < -0.4 is 0 Å². The second kappa shape index (κ2) is 2.18. The predicted octanol–water partition coefficient (Wildman–Crippen LogP) is -0.242. The molecule has 2 heterocycles. The van der Waals surface area contributed by atoms with Crippen LogP contribution >= 0.6 is 0 Å². The van der Waals surface area contributed by atoms with Gasteiger partial charge < -0.3 is 0 Å². The Morgan fingerprint density at radius 1 is 1.40 bits per heavy atom. The summed E-state index contributed by atoms with van der Waals surface area (Å²) in [5.74, 6) is 0. The Hall–Kier alpha value is -0.660. The standard InChI is InChI=1S/C5H3N4Te/c10-9-3-8-4-1-6-2-7-5(4)9/h1-3H. The Morgan fingerprint density at radius 2 is 2.30 bits per heavy atom. The number of hydrogen-bond acceptors (Lipinski definition) is 3. The molecule has 0 aliphatic carbocycles. The molecule has 0 fully saturated rings. The van der Waals surface area contributed by atoms with E-state index in [1.165, 1.54) is 6.33 Å². The summed E-state index contributed by atoms with van der Waals surface area (Å²) in [6, 6.07) is 0. The fourth-order valence-electron chi connectivity index (χ4n) is 0.746. The third-order valence-electron chi connectivity index (χ3n) is 1.18. The normalized spacial score (nSPS) is 10.4. The minimum absolute atomic E-state index is 0.840. The van der Waals surface area contributed by atoms with Gasteiger partial charge in [-0.15, -0.1) is 0 Å². The van der Waals surface area contributed by atoms with Crippen LogP contribution in [0.1, 0.15) is 0 Å². The molecule has 0 aliphatic rings. The van der Waals surface area contributed by atoms with Gasteiger partial charge in [-0.2, -0.15) is 0 Å². The Bertz CT molecular complexity index is 355. The van der Waals surface area contributed by atoms with Crippen molar-refractivity contribution in [2.24, 2.45) is 0 Å². The van der Waals surface area contributed by atoms with Crippen LogP contribution in [0, 0.1) is 0 Å². The molecule has 49 valence electrons. The molecule has 5 heteroatoms. The van der Waals surface area contributed by atoms with E-state index in [1.807, 2.05) is 25.4 Å². The molecular weight excluding hydrogens is 244 g/mol. The summed E-state index contributed by atoms with van der Waals surface area (Å²) in [5.41, 5.74) is 1.72. The SMILES string of the molecule is [Te]n1cnc2cncnc21. The minimum atomic E-state index is 0.840. The van der Waals surface area contributed by atoms with E-state index in [1.54, 1.807) is 12.5 Å². The molecule has 0 bridgehead atoms. The topological polar surface area (TPSA) is 43.6 Å². The summed E-state index contributed by atoms with van der Waals surface area (Å²) >= 11 is 1.83. The van der Waals surface area contributed by atoms with Gasteiger partial charge in [-0.1, -0.05) is 0 Å². The molecule has 2 aromatic rings. The van der Waals surface area contributed by atoms with Crippen LogP contribution in [0.15, 0.2) is 18.9 Å². The molecule has 0 atom stereocenters. The summed E-state index contributed by atoms with van der Waals surface area (Å²) in [7, 11) is 0. The van der Waals surface area contributed by atoms with Crippen molar-refractivity contribution in [2.45, 2.75) is 0 Å². The molecule has 2 aromatic heterocycles. The second-order valence-corrected chi connectivity index (χ2v) is 2.92. The average Bonchev–Trinajstić information content (AvgIpc) is 2.34. The Labute approximate surface area is 70.6 Å². The summed E-state index contributed by atoms with van der Waals surface area (Å²) in [5, 5.41) is 0. The average molecular weight is 247 g/mol. The molecule has 0 saturated heterocycles. The zero-order valence-electron chi connectivity index (χ0n) is 4.93. The maximum absolute atomic E-state index is 4.06. The van der Waals surface area contributed by atoms with Crippen molar-refractivity contribution in [1.82, 2.24) is 17.8 Å². The van der Waals surface area contributed by atoms with Crippen molar-refractivity contribution in [1.29, 1.82) is 0 Å². The van der Waals surface area contributed by atoms with Crippen molar-refractivity contribution < 1.29 is 0 Å². The zero-order valence-corrected chi connectivity index (χ0v) is 7.26. The molecule has 0 N–H and O–H groups in total. The van der Waals surface area contributed by atoms with Gasteiger partial charge in [0.25, 0.3) is 0 Å². The molecule has 0 amide bonds. The van der Waals surface area contributed by atoms with Gasteiger partial charge in [0.15, 0.2) is 0 Å².